The Kier molecular flexibility index (Phi) is 6.13. The second-order valence-corrected chi connectivity index (χ2v) is 5.93. The maximum atomic E-state index is 12.8. The van der Waals surface area contributed by atoms with E-state index in [1.807, 2.05) is 6.92 Å². The van der Waals surface area contributed by atoms with E-state index in [4.69, 9.17) is 14.2 Å². The SMILES string of the molecule is CCOc1ccc(-n2ccnc(NC(=O)c3cc(OC)cc(OC)c3)c2=O)cc1. The minimum absolute atomic E-state index is 0.0897. The second-order valence-electron chi connectivity index (χ2n) is 5.93. The molecule has 0 saturated heterocycles. The van der Waals surface area contributed by atoms with Gasteiger partial charge in [0.25, 0.3) is 11.5 Å². The largest absolute Gasteiger partial charge is 0.497 e. The standard InChI is InChI=1S/C21H21N3O5/c1-4-29-16-7-5-15(6-8-16)24-10-9-22-19(21(24)26)23-20(25)14-11-17(27-2)13-18(12-14)28-3/h5-13H,4H2,1-3H3,(H,22,23,25). The molecule has 1 amide bonds. The molecule has 8 nitrogen and oxygen atoms in total. The van der Waals surface area contributed by atoms with Gasteiger partial charge in [0.05, 0.1) is 20.8 Å². The fourth-order valence-corrected chi connectivity index (χ4v) is 2.69. The highest BCUT2D eigenvalue weighted by Gasteiger charge is 2.14. The Morgan fingerprint density at radius 2 is 1.69 bits per heavy atom. The van der Waals surface area contributed by atoms with Gasteiger partial charge in [-0.1, -0.05) is 0 Å². The number of carbonyl (C=O) groups is 1. The smallest absolute Gasteiger partial charge is 0.298 e. The average molecular weight is 395 g/mol. The van der Waals surface area contributed by atoms with Crippen LogP contribution in [0.1, 0.15) is 17.3 Å². The van der Waals surface area contributed by atoms with Crippen molar-refractivity contribution in [2.24, 2.45) is 0 Å². The number of benzene rings is 2. The van der Waals surface area contributed by atoms with E-state index < -0.39 is 11.5 Å². The van der Waals surface area contributed by atoms with Crippen LogP contribution in [0.4, 0.5) is 5.82 Å². The zero-order valence-electron chi connectivity index (χ0n) is 16.3. The highest BCUT2D eigenvalue weighted by molar-refractivity contribution is 6.04. The van der Waals surface area contributed by atoms with E-state index in [2.05, 4.69) is 10.3 Å². The van der Waals surface area contributed by atoms with Crippen molar-refractivity contribution in [2.45, 2.75) is 6.92 Å². The zero-order chi connectivity index (χ0) is 20.8. The van der Waals surface area contributed by atoms with E-state index in [9.17, 15) is 9.59 Å². The lowest BCUT2D eigenvalue weighted by atomic mass is 10.2. The summed E-state index contributed by atoms with van der Waals surface area (Å²) in [5, 5.41) is 2.55. The maximum absolute atomic E-state index is 12.8. The summed E-state index contributed by atoms with van der Waals surface area (Å²) < 4.78 is 17.2. The molecule has 0 aliphatic heterocycles. The van der Waals surface area contributed by atoms with Crippen LogP contribution in [0.15, 0.2) is 59.7 Å². The van der Waals surface area contributed by atoms with Crippen LogP contribution in [0, 0.1) is 0 Å². The molecule has 1 aromatic heterocycles. The van der Waals surface area contributed by atoms with E-state index in [0.29, 0.717) is 29.5 Å². The molecule has 8 heteroatoms. The first-order valence-corrected chi connectivity index (χ1v) is 8.91. The molecule has 2 aromatic carbocycles. The van der Waals surface area contributed by atoms with Crippen molar-refractivity contribution >= 4 is 11.7 Å². The summed E-state index contributed by atoms with van der Waals surface area (Å²) in [7, 11) is 2.98. The van der Waals surface area contributed by atoms with Gasteiger partial charge in [-0.15, -0.1) is 0 Å². The number of hydrogen-bond acceptors (Lipinski definition) is 6. The van der Waals surface area contributed by atoms with Gasteiger partial charge >= 0.3 is 0 Å². The van der Waals surface area contributed by atoms with Gasteiger partial charge in [-0.2, -0.15) is 0 Å². The normalized spacial score (nSPS) is 10.3. The molecule has 3 aromatic rings. The molecule has 0 atom stereocenters. The van der Waals surface area contributed by atoms with Crippen molar-refractivity contribution < 1.29 is 19.0 Å². The summed E-state index contributed by atoms with van der Waals surface area (Å²) in [6.07, 6.45) is 2.97. The molecule has 1 heterocycles. The first-order valence-electron chi connectivity index (χ1n) is 8.91. The monoisotopic (exact) mass is 395 g/mol. The highest BCUT2D eigenvalue weighted by atomic mass is 16.5. The lowest BCUT2D eigenvalue weighted by Gasteiger charge is -2.11. The van der Waals surface area contributed by atoms with Crippen LogP contribution in [0.2, 0.25) is 0 Å². The minimum atomic E-state index is -0.503. The van der Waals surface area contributed by atoms with Gasteiger partial charge < -0.3 is 19.5 Å². The Morgan fingerprint density at radius 1 is 1.03 bits per heavy atom. The average Bonchev–Trinajstić information content (AvgIpc) is 2.75. The van der Waals surface area contributed by atoms with Gasteiger partial charge in [0.15, 0.2) is 5.82 Å². The third-order valence-corrected chi connectivity index (χ3v) is 4.11. The Morgan fingerprint density at radius 3 is 2.28 bits per heavy atom. The van der Waals surface area contributed by atoms with Gasteiger partial charge in [-0.25, -0.2) is 4.98 Å². The van der Waals surface area contributed by atoms with E-state index in [1.165, 1.54) is 31.2 Å². The molecular weight excluding hydrogens is 374 g/mol. The molecule has 0 fully saturated rings. The van der Waals surface area contributed by atoms with Gasteiger partial charge in [-0.3, -0.25) is 14.2 Å². The molecule has 0 bridgehead atoms. The topological polar surface area (TPSA) is 91.7 Å². The van der Waals surface area contributed by atoms with Crippen LogP contribution in [0.5, 0.6) is 17.2 Å². The van der Waals surface area contributed by atoms with Crippen molar-refractivity contribution in [3.8, 4) is 22.9 Å². The van der Waals surface area contributed by atoms with Crippen molar-refractivity contribution in [1.82, 2.24) is 9.55 Å². The fourth-order valence-electron chi connectivity index (χ4n) is 2.69. The van der Waals surface area contributed by atoms with Crippen molar-refractivity contribution in [1.29, 1.82) is 0 Å². The van der Waals surface area contributed by atoms with Gasteiger partial charge in [0.2, 0.25) is 0 Å². The van der Waals surface area contributed by atoms with Gasteiger partial charge in [0, 0.05) is 29.7 Å². The fraction of sp³-hybridized carbons (Fsp3) is 0.190. The number of aromatic nitrogens is 2. The number of hydrogen-bond donors (Lipinski definition) is 1. The molecule has 29 heavy (non-hydrogen) atoms. The van der Waals surface area contributed by atoms with Gasteiger partial charge in [0.1, 0.15) is 17.2 Å². The molecule has 0 aliphatic carbocycles. The lowest BCUT2D eigenvalue weighted by molar-refractivity contribution is 0.102. The van der Waals surface area contributed by atoms with Crippen LogP contribution < -0.4 is 25.1 Å². The molecule has 0 unspecified atom stereocenters. The van der Waals surface area contributed by atoms with Crippen LogP contribution >= 0.6 is 0 Å². The van der Waals surface area contributed by atoms with Crippen LogP contribution in [0.3, 0.4) is 0 Å². The molecule has 0 spiro atoms. The quantitative estimate of drug-likeness (QED) is 0.661. The van der Waals surface area contributed by atoms with Gasteiger partial charge in [-0.05, 0) is 43.3 Å². The van der Waals surface area contributed by atoms with E-state index >= 15 is 0 Å². The van der Waals surface area contributed by atoms with Crippen LogP contribution in [-0.2, 0) is 0 Å². The summed E-state index contributed by atoms with van der Waals surface area (Å²) >= 11 is 0. The number of methoxy groups -OCH3 is 2. The third-order valence-electron chi connectivity index (χ3n) is 4.11. The molecule has 0 aliphatic rings. The summed E-state index contributed by atoms with van der Waals surface area (Å²) in [5.74, 6) is 1.04. The van der Waals surface area contributed by atoms with E-state index in [0.717, 1.165) is 0 Å². The minimum Gasteiger partial charge on any atom is -0.497 e. The Balaban J connectivity index is 1.88. The number of rotatable bonds is 7. The second kappa shape index (κ2) is 8.92. The summed E-state index contributed by atoms with van der Waals surface area (Å²) in [4.78, 5) is 29.4. The lowest BCUT2D eigenvalue weighted by Crippen LogP contribution is -2.26. The van der Waals surface area contributed by atoms with Crippen LogP contribution in [0.25, 0.3) is 5.69 Å². The van der Waals surface area contributed by atoms with E-state index in [1.54, 1.807) is 42.5 Å². The molecule has 0 saturated carbocycles. The number of amides is 1. The number of nitrogens with zero attached hydrogens (tertiary/aromatic N) is 2. The predicted octanol–water partition coefficient (Wildman–Crippen LogP) is 2.90. The summed E-state index contributed by atoms with van der Waals surface area (Å²) in [6.45, 7) is 2.45. The number of nitrogens with one attached hydrogen (secondary N) is 1. The van der Waals surface area contributed by atoms with Crippen molar-refractivity contribution in [3.63, 3.8) is 0 Å². The number of anilines is 1. The molecular formula is C21H21N3O5. The van der Waals surface area contributed by atoms with Crippen LogP contribution in [-0.4, -0.2) is 36.3 Å². The van der Waals surface area contributed by atoms with E-state index in [-0.39, 0.29) is 11.4 Å². The third kappa shape index (κ3) is 4.55. The first kappa shape index (κ1) is 19.9. The molecule has 3 rings (SSSR count). The molecule has 150 valence electrons. The predicted molar refractivity (Wildman–Crippen MR) is 109 cm³/mol. The number of carbonyl (C=O) groups excluding carboxylic acids is 1. The Bertz CT molecular complexity index is 1040. The first-order chi connectivity index (χ1) is 14.0. The zero-order valence-corrected chi connectivity index (χ0v) is 16.3. The maximum Gasteiger partial charge on any atom is 0.298 e. The van der Waals surface area contributed by atoms with Crippen molar-refractivity contribution in [2.75, 3.05) is 26.1 Å². The summed E-state index contributed by atoms with van der Waals surface area (Å²) in [5.41, 5.74) is 0.443. The molecule has 1 N–H and O–H groups in total. The molecule has 0 radical (unpaired) electrons. The highest BCUT2D eigenvalue weighted by Crippen LogP contribution is 2.23. The summed E-state index contributed by atoms with van der Waals surface area (Å²) in [6, 6.07) is 11.8. The Labute approximate surface area is 167 Å². The number of ether oxygens (including phenoxy) is 3. The van der Waals surface area contributed by atoms with Crippen molar-refractivity contribution in [3.05, 3.63) is 70.8 Å². The Hall–Kier alpha value is -3.81.